The van der Waals surface area contributed by atoms with Crippen LogP contribution < -0.4 is 0 Å². The lowest BCUT2D eigenvalue weighted by Gasteiger charge is -2.09. The van der Waals surface area contributed by atoms with E-state index in [9.17, 15) is 0 Å². The van der Waals surface area contributed by atoms with E-state index in [1.807, 2.05) is 0 Å². The lowest BCUT2D eigenvalue weighted by Crippen LogP contribution is -2.01. The molecule has 0 aliphatic carbocycles. The normalized spacial score (nSPS) is 11.2. The predicted molar refractivity (Wildman–Crippen MR) is 94.0 cm³/mol. The van der Waals surface area contributed by atoms with Crippen LogP contribution in [-0.2, 0) is 6.54 Å². The van der Waals surface area contributed by atoms with Gasteiger partial charge in [0.1, 0.15) is 5.82 Å². The minimum Gasteiger partial charge on any atom is -0.324 e. The summed E-state index contributed by atoms with van der Waals surface area (Å²) in [5.41, 5.74) is 4.83. The van der Waals surface area contributed by atoms with E-state index >= 15 is 0 Å². The number of aryl methyl sites for hydroxylation is 2. The van der Waals surface area contributed by atoms with Crippen molar-refractivity contribution in [2.45, 2.75) is 46.1 Å². The van der Waals surface area contributed by atoms with Crippen molar-refractivity contribution in [1.82, 2.24) is 9.55 Å². The highest BCUT2D eigenvalue weighted by atomic mass is 15.1. The van der Waals surface area contributed by atoms with E-state index in [0.29, 0.717) is 0 Å². The molecule has 0 aliphatic rings. The van der Waals surface area contributed by atoms with Crippen LogP contribution in [0.1, 0.15) is 38.2 Å². The number of nitrogens with zero attached hydrogens (tertiary/aromatic N) is 2. The fraction of sp³-hybridized carbons (Fsp3) is 0.350. The van der Waals surface area contributed by atoms with Gasteiger partial charge in [-0.1, -0.05) is 68.1 Å². The van der Waals surface area contributed by atoms with Crippen molar-refractivity contribution in [3.05, 3.63) is 54.1 Å². The summed E-state index contributed by atoms with van der Waals surface area (Å²) in [5, 5.41) is 0. The third kappa shape index (κ3) is 3.06. The first kappa shape index (κ1) is 14.8. The molecule has 0 saturated carbocycles. The largest absolute Gasteiger partial charge is 0.324 e. The molecule has 1 aromatic heterocycles. The van der Waals surface area contributed by atoms with Crippen LogP contribution in [0.5, 0.6) is 0 Å². The lowest BCUT2D eigenvalue weighted by molar-refractivity contribution is 0.594. The van der Waals surface area contributed by atoms with Crippen molar-refractivity contribution in [2.24, 2.45) is 0 Å². The zero-order chi connectivity index (χ0) is 15.4. The van der Waals surface area contributed by atoms with E-state index in [2.05, 4.69) is 66.9 Å². The average molecular weight is 292 g/mol. The standard InChI is InChI=1S/C20H24N2/c1-3-4-5-8-15-22-19-10-7-6-9-18(19)21-20(22)17-13-11-16(2)12-14-17/h6-7,9-14H,3-5,8,15H2,1-2H3. The van der Waals surface area contributed by atoms with Gasteiger partial charge in [0, 0.05) is 12.1 Å². The van der Waals surface area contributed by atoms with E-state index in [-0.39, 0.29) is 0 Å². The van der Waals surface area contributed by atoms with Gasteiger partial charge in [-0.2, -0.15) is 0 Å². The second-order valence-corrected chi connectivity index (χ2v) is 6.00. The van der Waals surface area contributed by atoms with Gasteiger partial charge in [0.15, 0.2) is 0 Å². The number of unbranched alkanes of at least 4 members (excludes halogenated alkanes) is 3. The predicted octanol–water partition coefficient (Wildman–Crippen LogP) is 5.59. The number of para-hydroxylation sites is 2. The summed E-state index contributed by atoms with van der Waals surface area (Å²) in [4.78, 5) is 4.87. The Hall–Kier alpha value is -2.09. The first-order valence-electron chi connectivity index (χ1n) is 8.32. The fourth-order valence-electron chi connectivity index (χ4n) is 2.92. The number of fused-ring (bicyclic) bond motifs is 1. The minimum absolute atomic E-state index is 1.05. The highest BCUT2D eigenvalue weighted by molar-refractivity contribution is 5.80. The molecule has 22 heavy (non-hydrogen) atoms. The summed E-state index contributed by atoms with van der Waals surface area (Å²) in [5.74, 6) is 1.10. The molecule has 1 heterocycles. The molecular weight excluding hydrogens is 268 g/mol. The first-order valence-corrected chi connectivity index (χ1v) is 8.32. The van der Waals surface area contributed by atoms with Crippen LogP contribution in [-0.4, -0.2) is 9.55 Å². The Morgan fingerprint density at radius 1 is 0.909 bits per heavy atom. The summed E-state index contributed by atoms with van der Waals surface area (Å²) in [7, 11) is 0. The Bertz CT molecular complexity index is 738. The molecule has 0 unspecified atom stereocenters. The van der Waals surface area contributed by atoms with Gasteiger partial charge in [-0.25, -0.2) is 4.98 Å². The van der Waals surface area contributed by atoms with Crippen molar-refractivity contribution < 1.29 is 0 Å². The SMILES string of the molecule is CCCCCCn1c(-c2ccc(C)cc2)nc2ccccc21. The Kier molecular flexibility index (Phi) is 4.57. The summed E-state index contributed by atoms with van der Waals surface area (Å²) in [6.07, 6.45) is 5.09. The summed E-state index contributed by atoms with van der Waals surface area (Å²) in [6, 6.07) is 17.1. The topological polar surface area (TPSA) is 17.8 Å². The Morgan fingerprint density at radius 2 is 1.68 bits per heavy atom. The smallest absolute Gasteiger partial charge is 0.141 e. The number of hydrogen-bond acceptors (Lipinski definition) is 1. The molecule has 0 radical (unpaired) electrons. The van der Waals surface area contributed by atoms with Crippen LogP contribution >= 0.6 is 0 Å². The Labute approximate surface area is 132 Å². The van der Waals surface area contributed by atoms with Gasteiger partial charge < -0.3 is 4.57 Å². The molecule has 0 bridgehead atoms. The molecule has 3 rings (SSSR count). The maximum Gasteiger partial charge on any atom is 0.141 e. The molecule has 2 aromatic carbocycles. The summed E-state index contributed by atoms with van der Waals surface area (Å²) < 4.78 is 2.38. The zero-order valence-corrected chi connectivity index (χ0v) is 13.5. The van der Waals surface area contributed by atoms with Crippen LogP contribution in [0.3, 0.4) is 0 Å². The van der Waals surface area contributed by atoms with Gasteiger partial charge in [-0.3, -0.25) is 0 Å². The molecule has 0 spiro atoms. The van der Waals surface area contributed by atoms with Crippen molar-refractivity contribution in [1.29, 1.82) is 0 Å². The van der Waals surface area contributed by atoms with Crippen LogP contribution in [0.2, 0.25) is 0 Å². The molecular formula is C20H24N2. The second kappa shape index (κ2) is 6.78. The van der Waals surface area contributed by atoms with Gasteiger partial charge in [0.25, 0.3) is 0 Å². The van der Waals surface area contributed by atoms with Crippen molar-refractivity contribution >= 4 is 11.0 Å². The van der Waals surface area contributed by atoms with Gasteiger partial charge in [-0.05, 0) is 25.5 Å². The Morgan fingerprint density at radius 3 is 2.45 bits per heavy atom. The van der Waals surface area contributed by atoms with E-state index < -0.39 is 0 Å². The molecule has 2 nitrogen and oxygen atoms in total. The van der Waals surface area contributed by atoms with Gasteiger partial charge in [0.05, 0.1) is 11.0 Å². The third-order valence-corrected chi connectivity index (χ3v) is 4.20. The maximum atomic E-state index is 4.87. The molecule has 3 aromatic rings. The van der Waals surface area contributed by atoms with Crippen molar-refractivity contribution in [2.75, 3.05) is 0 Å². The molecule has 0 atom stereocenters. The van der Waals surface area contributed by atoms with E-state index in [1.165, 1.54) is 42.3 Å². The van der Waals surface area contributed by atoms with Crippen LogP contribution in [0.25, 0.3) is 22.4 Å². The summed E-state index contributed by atoms with van der Waals surface area (Å²) in [6.45, 7) is 5.42. The monoisotopic (exact) mass is 292 g/mol. The van der Waals surface area contributed by atoms with Gasteiger partial charge >= 0.3 is 0 Å². The molecule has 0 amide bonds. The van der Waals surface area contributed by atoms with Crippen molar-refractivity contribution in [3.8, 4) is 11.4 Å². The lowest BCUT2D eigenvalue weighted by atomic mass is 10.1. The number of aromatic nitrogens is 2. The quantitative estimate of drug-likeness (QED) is 0.541. The highest BCUT2D eigenvalue weighted by Crippen LogP contribution is 2.25. The molecule has 0 aliphatic heterocycles. The number of imidazole rings is 1. The number of hydrogen-bond donors (Lipinski definition) is 0. The van der Waals surface area contributed by atoms with Crippen molar-refractivity contribution in [3.63, 3.8) is 0 Å². The van der Waals surface area contributed by atoms with Gasteiger partial charge in [0.2, 0.25) is 0 Å². The van der Waals surface area contributed by atoms with E-state index in [1.54, 1.807) is 0 Å². The zero-order valence-electron chi connectivity index (χ0n) is 13.5. The molecule has 0 N–H and O–H groups in total. The average Bonchev–Trinajstić information content (AvgIpc) is 2.91. The number of benzene rings is 2. The Balaban J connectivity index is 1.98. The highest BCUT2D eigenvalue weighted by Gasteiger charge is 2.11. The maximum absolute atomic E-state index is 4.87. The first-order chi connectivity index (χ1) is 10.8. The van der Waals surface area contributed by atoms with Crippen LogP contribution in [0, 0.1) is 6.92 Å². The molecule has 2 heteroatoms. The summed E-state index contributed by atoms with van der Waals surface area (Å²) >= 11 is 0. The minimum atomic E-state index is 1.05. The molecule has 114 valence electrons. The van der Waals surface area contributed by atoms with E-state index in [0.717, 1.165) is 17.9 Å². The third-order valence-electron chi connectivity index (χ3n) is 4.20. The van der Waals surface area contributed by atoms with Crippen LogP contribution in [0.15, 0.2) is 48.5 Å². The van der Waals surface area contributed by atoms with E-state index in [4.69, 9.17) is 4.98 Å². The molecule has 0 fully saturated rings. The van der Waals surface area contributed by atoms with Crippen LogP contribution in [0.4, 0.5) is 0 Å². The van der Waals surface area contributed by atoms with Gasteiger partial charge in [-0.15, -0.1) is 0 Å². The second-order valence-electron chi connectivity index (χ2n) is 6.00. The molecule has 0 saturated heterocycles. The fourth-order valence-corrected chi connectivity index (χ4v) is 2.92. The number of rotatable bonds is 6.